The zero-order valence-corrected chi connectivity index (χ0v) is 12.7. The molecule has 1 unspecified atom stereocenters. The molecule has 3 N–H and O–H groups in total. The number of ether oxygens (including phenoxy) is 1. The predicted octanol–water partition coefficient (Wildman–Crippen LogP) is 2.69. The summed E-state index contributed by atoms with van der Waals surface area (Å²) >= 11 is 0. The lowest BCUT2D eigenvalue weighted by molar-refractivity contribution is -0.138. The lowest BCUT2D eigenvalue weighted by atomic mass is 9.91. The van der Waals surface area contributed by atoms with Gasteiger partial charge in [0, 0.05) is 12.2 Å². The monoisotopic (exact) mass is 278 g/mol. The standard InChI is InChI=1S/C11H16N2.C5H10O2/c12-11-5-1-3-9(7-11)10-4-2-6-13-8-10;1-5(2,3)7-4-6/h1,3,5,7,10,13H,2,4,6,8,12H2;4H,1-3H3. The first-order valence-corrected chi connectivity index (χ1v) is 7.10. The summed E-state index contributed by atoms with van der Waals surface area (Å²) in [6.07, 6.45) is 2.57. The van der Waals surface area contributed by atoms with Crippen LogP contribution in [0.1, 0.15) is 45.1 Å². The van der Waals surface area contributed by atoms with Gasteiger partial charge in [0.2, 0.25) is 0 Å². The molecule has 0 spiro atoms. The first-order chi connectivity index (χ1) is 9.42. The third-order valence-electron chi connectivity index (χ3n) is 3.08. The molecule has 0 radical (unpaired) electrons. The molecule has 20 heavy (non-hydrogen) atoms. The van der Waals surface area contributed by atoms with E-state index in [9.17, 15) is 4.79 Å². The zero-order valence-electron chi connectivity index (χ0n) is 12.7. The molecule has 0 aliphatic carbocycles. The number of rotatable bonds is 2. The van der Waals surface area contributed by atoms with E-state index >= 15 is 0 Å². The second-order valence-corrected chi connectivity index (χ2v) is 6.04. The van der Waals surface area contributed by atoms with E-state index in [0.29, 0.717) is 12.4 Å². The second-order valence-electron chi connectivity index (χ2n) is 6.04. The minimum atomic E-state index is -0.318. The van der Waals surface area contributed by atoms with Crippen LogP contribution in [0.2, 0.25) is 0 Å². The molecule has 1 heterocycles. The van der Waals surface area contributed by atoms with Crippen LogP contribution in [0.4, 0.5) is 5.69 Å². The van der Waals surface area contributed by atoms with Gasteiger partial charge in [-0.15, -0.1) is 0 Å². The fourth-order valence-corrected chi connectivity index (χ4v) is 2.09. The maximum absolute atomic E-state index is 9.60. The van der Waals surface area contributed by atoms with Crippen LogP contribution in [0.3, 0.4) is 0 Å². The first kappa shape index (κ1) is 16.5. The van der Waals surface area contributed by atoms with Crippen LogP contribution in [0, 0.1) is 0 Å². The molecule has 4 nitrogen and oxygen atoms in total. The predicted molar refractivity (Wildman–Crippen MR) is 82.6 cm³/mol. The SMILES string of the molecule is CC(C)(C)OC=O.Nc1cccc(C2CCCNC2)c1. The lowest BCUT2D eigenvalue weighted by Crippen LogP contribution is -2.28. The third kappa shape index (κ3) is 6.57. The van der Waals surface area contributed by atoms with Crippen LogP contribution in [0.25, 0.3) is 0 Å². The van der Waals surface area contributed by atoms with Gasteiger partial charge in [0.25, 0.3) is 6.47 Å². The van der Waals surface area contributed by atoms with Gasteiger partial charge in [-0.05, 0) is 63.8 Å². The molecule has 0 bridgehead atoms. The smallest absolute Gasteiger partial charge is 0.293 e. The third-order valence-corrected chi connectivity index (χ3v) is 3.08. The van der Waals surface area contributed by atoms with Gasteiger partial charge in [-0.1, -0.05) is 12.1 Å². The van der Waals surface area contributed by atoms with Crippen molar-refractivity contribution < 1.29 is 9.53 Å². The number of hydrogen-bond donors (Lipinski definition) is 2. The highest BCUT2D eigenvalue weighted by Gasteiger charge is 2.14. The van der Waals surface area contributed by atoms with Gasteiger partial charge in [0.15, 0.2) is 0 Å². The molecular formula is C16H26N2O2. The van der Waals surface area contributed by atoms with Crippen molar-refractivity contribution in [2.24, 2.45) is 0 Å². The highest BCUT2D eigenvalue weighted by atomic mass is 16.5. The number of benzene rings is 1. The Hall–Kier alpha value is -1.55. The summed E-state index contributed by atoms with van der Waals surface area (Å²) in [5, 5.41) is 3.41. The molecular weight excluding hydrogens is 252 g/mol. The molecule has 1 aliphatic heterocycles. The van der Waals surface area contributed by atoms with E-state index < -0.39 is 0 Å². The maximum Gasteiger partial charge on any atom is 0.293 e. The molecule has 1 saturated heterocycles. The Morgan fingerprint density at radius 2 is 2.15 bits per heavy atom. The number of nitrogen functional groups attached to an aromatic ring is 1. The first-order valence-electron chi connectivity index (χ1n) is 7.10. The molecule has 112 valence electrons. The number of carbonyl (C=O) groups is 1. The summed E-state index contributed by atoms with van der Waals surface area (Å²) in [5.41, 5.74) is 7.69. The molecule has 1 aromatic carbocycles. The Kier molecular flexibility index (Phi) is 6.52. The molecule has 1 aromatic rings. The number of hydrogen-bond acceptors (Lipinski definition) is 4. The van der Waals surface area contributed by atoms with E-state index in [2.05, 4.69) is 22.2 Å². The van der Waals surface area contributed by atoms with Crippen LogP contribution in [0.15, 0.2) is 24.3 Å². The van der Waals surface area contributed by atoms with Crippen LogP contribution in [0.5, 0.6) is 0 Å². The van der Waals surface area contributed by atoms with Gasteiger partial charge in [-0.25, -0.2) is 0 Å². The quantitative estimate of drug-likeness (QED) is 0.645. The summed E-state index contributed by atoms with van der Waals surface area (Å²) in [5.74, 6) is 0.664. The van der Waals surface area contributed by atoms with Gasteiger partial charge >= 0.3 is 0 Å². The van der Waals surface area contributed by atoms with Gasteiger partial charge in [-0.3, -0.25) is 4.79 Å². The molecule has 1 fully saturated rings. The molecule has 1 atom stereocenters. The topological polar surface area (TPSA) is 64.3 Å². The van der Waals surface area contributed by atoms with Gasteiger partial charge in [0.1, 0.15) is 5.60 Å². The second kappa shape index (κ2) is 7.90. The van der Waals surface area contributed by atoms with E-state index in [1.165, 1.54) is 24.9 Å². The Balaban J connectivity index is 0.000000246. The Morgan fingerprint density at radius 3 is 2.60 bits per heavy atom. The van der Waals surface area contributed by atoms with E-state index in [0.717, 1.165) is 12.2 Å². The van der Waals surface area contributed by atoms with Gasteiger partial charge < -0.3 is 15.8 Å². The summed E-state index contributed by atoms with van der Waals surface area (Å²) in [4.78, 5) is 9.60. The number of nitrogens with one attached hydrogen (secondary N) is 1. The number of piperidine rings is 1. The average Bonchev–Trinajstić information content (AvgIpc) is 2.39. The van der Waals surface area contributed by atoms with Crippen molar-refractivity contribution in [3.63, 3.8) is 0 Å². The van der Waals surface area contributed by atoms with Crippen LogP contribution < -0.4 is 11.1 Å². The Bertz CT molecular complexity index is 407. The van der Waals surface area contributed by atoms with Gasteiger partial charge in [0.05, 0.1) is 0 Å². The van der Waals surface area contributed by atoms with Crippen LogP contribution in [-0.4, -0.2) is 25.2 Å². The van der Waals surface area contributed by atoms with Crippen molar-refractivity contribution in [3.8, 4) is 0 Å². The van der Waals surface area contributed by atoms with E-state index in [1.54, 1.807) is 0 Å². The maximum atomic E-state index is 9.60. The molecule has 0 aromatic heterocycles. The Morgan fingerprint density at radius 1 is 1.40 bits per heavy atom. The van der Waals surface area contributed by atoms with Crippen LogP contribution in [-0.2, 0) is 9.53 Å². The summed E-state index contributed by atoms with van der Waals surface area (Å²) in [6.45, 7) is 8.19. The molecule has 2 rings (SSSR count). The number of carbonyl (C=O) groups excluding carboxylic acids is 1. The van der Waals surface area contributed by atoms with E-state index in [1.807, 2.05) is 32.9 Å². The zero-order chi connectivity index (χ0) is 15.0. The van der Waals surface area contributed by atoms with Gasteiger partial charge in [-0.2, -0.15) is 0 Å². The highest BCUT2D eigenvalue weighted by Crippen LogP contribution is 2.24. The van der Waals surface area contributed by atoms with Crippen molar-refractivity contribution in [1.29, 1.82) is 0 Å². The van der Waals surface area contributed by atoms with Crippen molar-refractivity contribution in [2.75, 3.05) is 18.8 Å². The molecule has 1 aliphatic rings. The summed E-state index contributed by atoms with van der Waals surface area (Å²) < 4.78 is 4.55. The Labute approximate surface area is 121 Å². The minimum absolute atomic E-state index is 0.318. The normalized spacial score (nSPS) is 18.6. The summed E-state index contributed by atoms with van der Waals surface area (Å²) in [7, 11) is 0. The molecule has 0 saturated carbocycles. The van der Waals surface area contributed by atoms with E-state index in [4.69, 9.17) is 5.73 Å². The molecule has 4 heteroatoms. The lowest BCUT2D eigenvalue weighted by Gasteiger charge is -2.23. The number of anilines is 1. The minimum Gasteiger partial charge on any atom is -0.462 e. The van der Waals surface area contributed by atoms with E-state index in [-0.39, 0.29) is 5.60 Å². The fraction of sp³-hybridized carbons (Fsp3) is 0.562. The highest BCUT2D eigenvalue weighted by molar-refractivity contribution is 5.42. The van der Waals surface area contributed by atoms with Crippen molar-refractivity contribution in [3.05, 3.63) is 29.8 Å². The number of nitrogens with two attached hydrogens (primary N) is 1. The van der Waals surface area contributed by atoms with Crippen molar-refractivity contribution >= 4 is 12.2 Å². The summed E-state index contributed by atoms with van der Waals surface area (Å²) in [6, 6.07) is 8.25. The van der Waals surface area contributed by atoms with Crippen molar-refractivity contribution in [2.45, 2.75) is 45.1 Å². The average molecular weight is 278 g/mol. The largest absolute Gasteiger partial charge is 0.462 e. The fourth-order valence-electron chi connectivity index (χ4n) is 2.09. The van der Waals surface area contributed by atoms with Crippen LogP contribution >= 0.6 is 0 Å². The van der Waals surface area contributed by atoms with Crippen molar-refractivity contribution in [1.82, 2.24) is 5.32 Å². The molecule has 0 amide bonds.